The molecule has 5 nitrogen and oxygen atoms in total. The molecule has 5 heteroatoms. The molecule has 3 heterocycles. The van der Waals surface area contributed by atoms with Crippen LogP contribution < -0.4 is 9.64 Å². The van der Waals surface area contributed by atoms with Gasteiger partial charge in [-0.15, -0.1) is 0 Å². The Balaban J connectivity index is 1.68. The van der Waals surface area contributed by atoms with Gasteiger partial charge in [-0.05, 0) is 49.8 Å². The van der Waals surface area contributed by atoms with Gasteiger partial charge < -0.3 is 4.74 Å². The van der Waals surface area contributed by atoms with Crippen LogP contribution in [0.15, 0.2) is 54.6 Å². The predicted octanol–water partition coefficient (Wildman–Crippen LogP) is 3.78. The van der Waals surface area contributed by atoms with Crippen LogP contribution in [0.3, 0.4) is 0 Å². The molecule has 1 fully saturated rings. The number of carbonyl (C=O) groups is 1. The quantitative estimate of drug-likeness (QED) is 0.701. The van der Waals surface area contributed by atoms with Gasteiger partial charge in [-0.3, -0.25) is 14.6 Å². The normalized spacial score (nSPS) is 21.6. The Hall–Kier alpha value is -2.92. The van der Waals surface area contributed by atoms with E-state index in [1.165, 1.54) is 0 Å². The number of anilines is 1. The Morgan fingerprint density at radius 3 is 2.75 bits per heavy atom. The van der Waals surface area contributed by atoms with Gasteiger partial charge >= 0.3 is 0 Å². The first-order valence-corrected chi connectivity index (χ1v) is 9.70. The number of nitrogens with zero attached hydrogens (tertiary/aromatic N) is 3. The topological polar surface area (TPSA) is 45.7 Å². The lowest BCUT2D eigenvalue weighted by Gasteiger charge is -2.37. The molecule has 5 rings (SSSR count). The monoisotopic (exact) mass is 373 g/mol. The Labute approximate surface area is 164 Å². The highest BCUT2D eigenvalue weighted by atomic mass is 16.5. The van der Waals surface area contributed by atoms with Crippen molar-refractivity contribution in [3.05, 3.63) is 65.7 Å². The minimum Gasteiger partial charge on any atom is -0.497 e. The summed E-state index contributed by atoms with van der Waals surface area (Å²) >= 11 is 0. The highest BCUT2D eigenvalue weighted by Gasteiger charge is 2.46. The standard InChI is InChI=1S/C23H23N3O2/c1-25-11-10-18-21(25)19-13-16-12-17(28-2)8-9-20(16)24-22(19)26(23(18)27)14-15-6-4-3-5-7-15/h3-9,12-13,18,21H,10-11,14H2,1-2H3/t18-,21+/m1/s1. The summed E-state index contributed by atoms with van der Waals surface area (Å²) in [5, 5.41) is 1.05. The third-order valence-electron chi connectivity index (χ3n) is 6.02. The molecule has 1 amide bonds. The fraction of sp³-hybridized carbons (Fsp3) is 0.304. The van der Waals surface area contributed by atoms with Gasteiger partial charge in [0, 0.05) is 17.0 Å². The van der Waals surface area contributed by atoms with E-state index in [-0.39, 0.29) is 17.9 Å². The Morgan fingerprint density at radius 2 is 1.96 bits per heavy atom. The van der Waals surface area contributed by atoms with Gasteiger partial charge in [-0.25, -0.2) is 4.98 Å². The molecule has 0 N–H and O–H groups in total. The van der Waals surface area contributed by atoms with Gasteiger partial charge in [0.2, 0.25) is 5.91 Å². The van der Waals surface area contributed by atoms with E-state index < -0.39 is 0 Å². The molecule has 0 saturated carbocycles. The average Bonchev–Trinajstić information content (AvgIpc) is 3.12. The molecule has 0 spiro atoms. The number of carbonyl (C=O) groups excluding carboxylic acids is 1. The van der Waals surface area contributed by atoms with E-state index in [1.807, 2.05) is 41.3 Å². The molecule has 0 radical (unpaired) electrons. The number of pyridine rings is 1. The molecule has 1 aromatic heterocycles. The number of hydrogen-bond donors (Lipinski definition) is 0. The zero-order valence-electron chi connectivity index (χ0n) is 16.1. The van der Waals surface area contributed by atoms with Gasteiger partial charge in [-0.2, -0.15) is 0 Å². The van der Waals surface area contributed by atoms with Crippen LogP contribution >= 0.6 is 0 Å². The summed E-state index contributed by atoms with van der Waals surface area (Å²) < 4.78 is 5.39. The van der Waals surface area contributed by atoms with Crippen molar-refractivity contribution in [3.8, 4) is 5.75 Å². The summed E-state index contributed by atoms with van der Waals surface area (Å²) in [7, 11) is 3.78. The van der Waals surface area contributed by atoms with E-state index in [0.29, 0.717) is 6.54 Å². The lowest BCUT2D eigenvalue weighted by atomic mass is 9.88. The van der Waals surface area contributed by atoms with Crippen LogP contribution in [0.5, 0.6) is 5.75 Å². The van der Waals surface area contributed by atoms with Crippen LogP contribution in [0.25, 0.3) is 10.9 Å². The number of amides is 1. The molecule has 2 atom stereocenters. The second-order valence-electron chi connectivity index (χ2n) is 7.69. The van der Waals surface area contributed by atoms with E-state index >= 15 is 0 Å². The van der Waals surface area contributed by atoms with Gasteiger partial charge in [0.05, 0.1) is 25.1 Å². The summed E-state index contributed by atoms with van der Waals surface area (Å²) in [6.45, 7) is 1.48. The molecule has 0 bridgehead atoms. The lowest BCUT2D eigenvalue weighted by Crippen LogP contribution is -2.43. The predicted molar refractivity (Wildman–Crippen MR) is 109 cm³/mol. The third kappa shape index (κ3) is 2.66. The molecular formula is C23H23N3O2. The first kappa shape index (κ1) is 17.2. The largest absolute Gasteiger partial charge is 0.497 e. The second-order valence-corrected chi connectivity index (χ2v) is 7.69. The van der Waals surface area contributed by atoms with Crippen molar-refractivity contribution in [1.82, 2.24) is 9.88 Å². The summed E-state index contributed by atoms with van der Waals surface area (Å²) in [6, 6.07) is 18.3. The SMILES string of the molecule is COc1ccc2nc3c(cc2c1)[C@@H]1[C@@H](CCN1C)C(=O)N3Cc1ccccc1. The molecule has 3 aromatic rings. The fourth-order valence-electron chi connectivity index (χ4n) is 4.60. The minimum absolute atomic E-state index is 0.00827. The van der Waals surface area contributed by atoms with E-state index in [0.717, 1.165) is 46.6 Å². The maximum Gasteiger partial charge on any atom is 0.233 e. The van der Waals surface area contributed by atoms with Crippen molar-refractivity contribution in [2.24, 2.45) is 5.92 Å². The van der Waals surface area contributed by atoms with E-state index in [1.54, 1.807) is 7.11 Å². The minimum atomic E-state index is -0.00827. The number of ether oxygens (including phenoxy) is 1. The fourth-order valence-corrected chi connectivity index (χ4v) is 4.60. The Kier molecular flexibility index (Phi) is 4.05. The van der Waals surface area contributed by atoms with Crippen LogP contribution in [0.4, 0.5) is 5.82 Å². The maximum atomic E-state index is 13.4. The Morgan fingerprint density at radius 1 is 1.14 bits per heavy atom. The number of aromatic nitrogens is 1. The molecule has 142 valence electrons. The molecule has 2 aliphatic heterocycles. The van der Waals surface area contributed by atoms with Gasteiger partial charge in [-0.1, -0.05) is 30.3 Å². The molecule has 28 heavy (non-hydrogen) atoms. The maximum absolute atomic E-state index is 13.4. The van der Waals surface area contributed by atoms with E-state index in [9.17, 15) is 4.79 Å². The van der Waals surface area contributed by atoms with Crippen molar-refractivity contribution < 1.29 is 9.53 Å². The summed E-state index contributed by atoms with van der Waals surface area (Å²) in [5.74, 6) is 1.79. The van der Waals surface area contributed by atoms with Crippen LogP contribution in [-0.2, 0) is 11.3 Å². The molecule has 2 aromatic carbocycles. The number of hydrogen-bond acceptors (Lipinski definition) is 4. The van der Waals surface area contributed by atoms with Crippen LogP contribution in [0, 0.1) is 5.92 Å². The van der Waals surface area contributed by atoms with Crippen molar-refractivity contribution in [2.75, 3.05) is 25.6 Å². The number of rotatable bonds is 3. The lowest BCUT2D eigenvalue weighted by molar-refractivity contribution is -0.123. The Bertz CT molecular complexity index is 1050. The van der Waals surface area contributed by atoms with Crippen LogP contribution in [-0.4, -0.2) is 36.5 Å². The van der Waals surface area contributed by atoms with Crippen molar-refractivity contribution in [1.29, 1.82) is 0 Å². The second kappa shape index (κ2) is 6.60. The highest BCUT2D eigenvalue weighted by molar-refractivity contribution is 5.99. The van der Waals surface area contributed by atoms with Gasteiger partial charge in [0.1, 0.15) is 11.6 Å². The highest BCUT2D eigenvalue weighted by Crippen LogP contribution is 2.46. The van der Waals surface area contributed by atoms with Crippen LogP contribution in [0.2, 0.25) is 0 Å². The van der Waals surface area contributed by atoms with Crippen molar-refractivity contribution >= 4 is 22.6 Å². The third-order valence-corrected chi connectivity index (χ3v) is 6.02. The molecular weight excluding hydrogens is 350 g/mol. The first-order chi connectivity index (χ1) is 13.7. The smallest absolute Gasteiger partial charge is 0.233 e. The number of likely N-dealkylation sites (tertiary alicyclic amines) is 1. The molecule has 1 saturated heterocycles. The number of benzene rings is 2. The molecule has 2 aliphatic rings. The number of methoxy groups -OCH3 is 1. The summed E-state index contributed by atoms with van der Waals surface area (Å²) in [4.78, 5) is 22.5. The van der Waals surface area contributed by atoms with Gasteiger partial charge in [0.15, 0.2) is 0 Å². The zero-order chi connectivity index (χ0) is 19.3. The molecule has 0 unspecified atom stereocenters. The summed E-state index contributed by atoms with van der Waals surface area (Å²) in [6.07, 6.45) is 0.890. The number of fused-ring (bicyclic) bond motifs is 4. The molecule has 0 aliphatic carbocycles. The van der Waals surface area contributed by atoms with Gasteiger partial charge in [0.25, 0.3) is 0 Å². The average molecular weight is 373 g/mol. The van der Waals surface area contributed by atoms with E-state index in [4.69, 9.17) is 9.72 Å². The van der Waals surface area contributed by atoms with Crippen LogP contribution in [0.1, 0.15) is 23.6 Å². The zero-order valence-corrected chi connectivity index (χ0v) is 16.1. The van der Waals surface area contributed by atoms with Crippen molar-refractivity contribution in [2.45, 2.75) is 19.0 Å². The van der Waals surface area contributed by atoms with Crippen molar-refractivity contribution in [3.63, 3.8) is 0 Å². The summed E-state index contributed by atoms with van der Waals surface area (Å²) in [5.41, 5.74) is 3.13. The first-order valence-electron chi connectivity index (χ1n) is 9.70. The van der Waals surface area contributed by atoms with E-state index in [2.05, 4.69) is 30.1 Å².